The van der Waals surface area contributed by atoms with Crippen molar-refractivity contribution >= 4 is 11.8 Å². The Bertz CT molecular complexity index is 457. The highest BCUT2D eigenvalue weighted by molar-refractivity contribution is 5.86. The molecule has 0 amide bonds. The van der Waals surface area contributed by atoms with E-state index in [9.17, 15) is 9.59 Å². The third-order valence-corrected chi connectivity index (χ3v) is 3.62. The first kappa shape index (κ1) is 14.7. The third kappa shape index (κ3) is 3.45. The number of hydrogen-bond donors (Lipinski definition) is 0. The van der Waals surface area contributed by atoms with Crippen molar-refractivity contribution in [3.05, 3.63) is 35.9 Å². The number of benzene rings is 1. The maximum Gasteiger partial charge on any atom is 0.338 e. The summed E-state index contributed by atoms with van der Waals surface area (Å²) in [6.45, 7) is 2.53. The van der Waals surface area contributed by atoms with E-state index in [1.165, 1.54) is 0 Å². The molecule has 0 N–H and O–H groups in total. The molecule has 2 rings (SSSR count). The first-order valence-electron chi connectivity index (χ1n) is 7.03. The van der Waals surface area contributed by atoms with E-state index in [0.29, 0.717) is 32.3 Å². The van der Waals surface area contributed by atoms with Crippen LogP contribution in [0.3, 0.4) is 0 Å². The number of ketones is 1. The number of rotatable bonds is 5. The smallest absolute Gasteiger partial charge is 0.338 e. The van der Waals surface area contributed by atoms with Crippen LogP contribution in [-0.4, -0.2) is 24.0 Å². The lowest BCUT2D eigenvalue weighted by Crippen LogP contribution is -2.46. The minimum Gasteiger partial charge on any atom is -0.459 e. The van der Waals surface area contributed by atoms with Gasteiger partial charge in [-0.1, -0.05) is 30.3 Å². The normalized spacial score (nSPS) is 17.8. The minimum absolute atomic E-state index is 0.191. The van der Waals surface area contributed by atoms with E-state index in [4.69, 9.17) is 9.47 Å². The second-order valence-electron chi connectivity index (χ2n) is 5.03. The summed E-state index contributed by atoms with van der Waals surface area (Å²) in [6, 6.07) is 9.54. The lowest BCUT2D eigenvalue weighted by atomic mass is 9.84. The van der Waals surface area contributed by atoms with Crippen LogP contribution in [0.5, 0.6) is 0 Å². The van der Waals surface area contributed by atoms with Gasteiger partial charge in [-0.25, -0.2) is 4.79 Å². The molecule has 0 bridgehead atoms. The number of ether oxygens (including phenoxy) is 2. The topological polar surface area (TPSA) is 52.6 Å². The Kier molecular flexibility index (Phi) is 4.90. The van der Waals surface area contributed by atoms with Crippen LogP contribution in [-0.2, 0) is 25.7 Å². The predicted octanol–water partition coefficient (Wildman–Crippen LogP) is 2.65. The SMILES string of the molecule is CCOC1(C(=O)OCc2ccccc2)CCC(=O)CC1. The van der Waals surface area contributed by atoms with E-state index >= 15 is 0 Å². The summed E-state index contributed by atoms with van der Waals surface area (Å²) in [5.41, 5.74) is 0.0108. The summed E-state index contributed by atoms with van der Waals surface area (Å²) < 4.78 is 11.0. The lowest BCUT2D eigenvalue weighted by Gasteiger charge is -2.33. The molecule has 1 aliphatic carbocycles. The van der Waals surface area contributed by atoms with Crippen LogP contribution in [0, 0.1) is 0 Å². The highest BCUT2D eigenvalue weighted by Gasteiger charge is 2.43. The van der Waals surface area contributed by atoms with Crippen LogP contribution in [0.2, 0.25) is 0 Å². The summed E-state index contributed by atoms with van der Waals surface area (Å²) >= 11 is 0. The van der Waals surface area contributed by atoms with Gasteiger partial charge < -0.3 is 9.47 Å². The number of carbonyl (C=O) groups is 2. The fourth-order valence-electron chi connectivity index (χ4n) is 2.47. The maximum absolute atomic E-state index is 12.3. The van der Waals surface area contributed by atoms with Crippen molar-refractivity contribution < 1.29 is 19.1 Å². The average molecular weight is 276 g/mol. The van der Waals surface area contributed by atoms with Crippen molar-refractivity contribution in [1.29, 1.82) is 0 Å². The van der Waals surface area contributed by atoms with Gasteiger partial charge in [0.1, 0.15) is 12.4 Å². The quantitative estimate of drug-likeness (QED) is 0.776. The summed E-state index contributed by atoms with van der Waals surface area (Å²) in [6.07, 6.45) is 1.63. The van der Waals surface area contributed by atoms with E-state index in [2.05, 4.69) is 0 Å². The van der Waals surface area contributed by atoms with Crippen LogP contribution in [0.4, 0.5) is 0 Å². The average Bonchev–Trinajstić information content (AvgIpc) is 2.48. The first-order valence-corrected chi connectivity index (χ1v) is 7.03. The third-order valence-electron chi connectivity index (χ3n) is 3.62. The monoisotopic (exact) mass is 276 g/mol. The van der Waals surface area contributed by atoms with Crippen molar-refractivity contribution in [1.82, 2.24) is 0 Å². The van der Waals surface area contributed by atoms with E-state index in [-0.39, 0.29) is 18.4 Å². The summed E-state index contributed by atoms with van der Waals surface area (Å²) in [4.78, 5) is 23.7. The van der Waals surface area contributed by atoms with Crippen LogP contribution in [0.15, 0.2) is 30.3 Å². The molecule has 108 valence electrons. The van der Waals surface area contributed by atoms with Gasteiger partial charge in [0.2, 0.25) is 0 Å². The molecule has 4 heteroatoms. The maximum atomic E-state index is 12.3. The number of carbonyl (C=O) groups excluding carboxylic acids is 2. The molecular weight excluding hydrogens is 256 g/mol. The standard InChI is InChI=1S/C16H20O4/c1-2-20-16(10-8-14(17)9-11-16)15(18)19-12-13-6-4-3-5-7-13/h3-7H,2,8-12H2,1H3. The summed E-state index contributed by atoms with van der Waals surface area (Å²) in [7, 11) is 0. The Labute approximate surface area is 119 Å². The van der Waals surface area contributed by atoms with E-state index in [0.717, 1.165) is 5.56 Å². The molecular formula is C16H20O4. The predicted molar refractivity (Wildman–Crippen MR) is 74.1 cm³/mol. The zero-order valence-electron chi connectivity index (χ0n) is 11.8. The van der Waals surface area contributed by atoms with Crippen LogP contribution < -0.4 is 0 Å². The molecule has 0 unspecified atom stereocenters. The van der Waals surface area contributed by atoms with Gasteiger partial charge in [-0.15, -0.1) is 0 Å². The molecule has 0 radical (unpaired) electrons. The number of Topliss-reactive ketones (excluding diaryl/α,β-unsaturated/α-hetero) is 1. The van der Waals surface area contributed by atoms with Gasteiger partial charge in [0.15, 0.2) is 5.60 Å². The van der Waals surface area contributed by atoms with Gasteiger partial charge in [-0.05, 0) is 25.3 Å². The Morgan fingerprint density at radius 3 is 2.45 bits per heavy atom. The van der Waals surface area contributed by atoms with E-state index in [1.807, 2.05) is 37.3 Å². The molecule has 1 aliphatic rings. The minimum atomic E-state index is -0.933. The highest BCUT2D eigenvalue weighted by atomic mass is 16.6. The molecule has 1 fully saturated rings. The Balaban J connectivity index is 1.98. The molecule has 20 heavy (non-hydrogen) atoms. The zero-order valence-corrected chi connectivity index (χ0v) is 11.8. The van der Waals surface area contributed by atoms with Crippen molar-refractivity contribution in [2.45, 2.75) is 44.8 Å². The molecule has 1 aromatic carbocycles. The summed E-state index contributed by atoms with van der Waals surface area (Å²) in [5, 5.41) is 0. The molecule has 1 aromatic rings. The molecule has 4 nitrogen and oxygen atoms in total. The molecule has 0 spiro atoms. The molecule has 0 atom stereocenters. The van der Waals surface area contributed by atoms with Crippen LogP contribution in [0.25, 0.3) is 0 Å². The largest absolute Gasteiger partial charge is 0.459 e. The van der Waals surface area contributed by atoms with Gasteiger partial charge in [0, 0.05) is 19.4 Å². The second-order valence-corrected chi connectivity index (χ2v) is 5.03. The summed E-state index contributed by atoms with van der Waals surface area (Å²) in [5.74, 6) is -0.160. The van der Waals surface area contributed by atoms with Crippen LogP contribution in [0.1, 0.15) is 38.2 Å². The van der Waals surface area contributed by atoms with Gasteiger partial charge >= 0.3 is 5.97 Å². The number of hydrogen-bond acceptors (Lipinski definition) is 4. The van der Waals surface area contributed by atoms with Crippen molar-refractivity contribution in [2.75, 3.05) is 6.61 Å². The molecule has 0 saturated heterocycles. The zero-order chi connectivity index (χ0) is 14.4. The fourth-order valence-corrected chi connectivity index (χ4v) is 2.47. The van der Waals surface area contributed by atoms with E-state index < -0.39 is 5.60 Å². The molecule has 1 saturated carbocycles. The number of esters is 1. The van der Waals surface area contributed by atoms with Gasteiger partial charge in [-0.2, -0.15) is 0 Å². The Morgan fingerprint density at radius 1 is 1.20 bits per heavy atom. The molecule has 0 heterocycles. The van der Waals surface area contributed by atoms with Crippen molar-refractivity contribution in [3.63, 3.8) is 0 Å². The van der Waals surface area contributed by atoms with Crippen molar-refractivity contribution in [2.24, 2.45) is 0 Å². The highest BCUT2D eigenvalue weighted by Crippen LogP contribution is 2.31. The van der Waals surface area contributed by atoms with Crippen molar-refractivity contribution in [3.8, 4) is 0 Å². The van der Waals surface area contributed by atoms with E-state index in [1.54, 1.807) is 0 Å². The van der Waals surface area contributed by atoms with Crippen LogP contribution >= 0.6 is 0 Å². The molecule has 0 aliphatic heterocycles. The lowest BCUT2D eigenvalue weighted by molar-refractivity contribution is -0.178. The molecule has 0 aromatic heterocycles. The van der Waals surface area contributed by atoms with Gasteiger partial charge in [0.05, 0.1) is 0 Å². The first-order chi connectivity index (χ1) is 9.66. The Hall–Kier alpha value is -1.68. The Morgan fingerprint density at radius 2 is 1.85 bits per heavy atom. The van der Waals surface area contributed by atoms with Gasteiger partial charge in [-0.3, -0.25) is 4.79 Å². The van der Waals surface area contributed by atoms with Gasteiger partial charge in [0.25, 0.3) is 0 Å². The fraction of sp³-hybridized carbons (Fsp3) is 0.500. The second kappa shape index (κ2) is 6.66.